The van der Waals surface area contributed by atoms with E-state index in [2.05, 4.69) is 43.8 Å². The molecule has 0 aromatic carbocycles. The van der Waals surface area contributed by atoms with Crippen molar-refractivity contribution >= 4 is 87.6 Å². The summed E-state index contributed by atoms with van der Waals surface area (Å²) in [6.45, 7) is -1.69. The molecule has 50 heavy (non-hydrogen) atoms. The van der Waals surface area contributed by atoms with Gasteiger partial charge >= 0.3 is 226 Å². The van der Waals surface area contributed by atoms with E-state index in [1.165, 1.54) is 6.61 Å². The zero-order valence-corrected chi connectivity index (χ0v) is 35.0. The molecule has 0 aliphatic heterocycles. The number of aromatic nitrogens is 1. The Kier molecular flexibility index (Phi) is 25.9. The molecule has 1 aromatic heterocycles. The van der Waals surface area contributed by atoms with Crippen LogP contribution in [-0.4, -0.2) is 148 Å². The molecule has 1 radical (unpaired) electrons. The van der Waals surface area contributed by atoms with Crippen molar-refractivity contribution in [2.24, 2.45) is 0 Å². The Bertz CT molecular complexity index is 1170. The number of hydrogen-bond acceptors (Lipinski definition) is 15. The second-order valence-electron chi connectivity index (χ2n) is 10.9. The second kappa shape index (κ2) is 26.2. The van der Waals surface area contributed by atoms with Crippen LogP contribution in [0.1, 0.15) is 30.7 Å². The SMILES string of the molecule is CN(I)CCNC(CCC(=O)NC(CO)(CO)CO)C(=O)O[CH-]Cc1cccc(CN(I)I(CCC(=O)NC(CO)(CO)CO)C(=O)O)n1.[Mn]. The van der Waals surface area contributed by atoms with E-state index in [1.54, 1.807) is 19.5 Å². The molecule has 1 atom stereocenters. The van der Waals surface area contributed by atoms with Gasteiger partial charge in [-0.05, 0) is 7.05 Å². The molecular formula is C28H46I3MnN6O12-. The van der Waals surface area contributed by atoms with Crippen LogP contribution in [0.25, 0.3) is 0 Å². The number of aliphatic hydroxyl groups excluding tert-OH is 6. The van der Waals surface area contributed by atoms with Crippen LogP contribution in [0.5, 0.6) is 0 Å². The number of halogens is 3. The van der Waals surface area contributed by atoms with Crippen molar-refractivity contribution in [3.8, 4) is 0 Å². The number of likely N-dealkylation sites (N-methyl/N-ethyl adjacent to an activating group) is 1. The van der Waals surface area contributed by atoms with Crippen molar-refractivity contribution in [1.82, 2.24) is 25.4 Å². The number of pyridine rings is 1. The summed E-state index contributed by atoms with van der Waals surface area (Å²) in [5.41, 5.74) is -2.12. The predicted octanol–water partition coefficient (Wildman–Crippen LogP) is -1.35. The summed E-state index contributed by atoms with van der Waals surface area (Å²) in [6, 6.07) is 4.25. The fourth-order valence-electron chi connectivity index (χ4n) is 3.87. The van der Waals surface area contributed by atoms with Gasteiger partial charge in [0.2, 0.25) is 5.91 Å². The molecule has 0 fully saturated rings. The Morgan fingerprint density at radius 1 is 0.920 bits per heavy atom. The third-order valence-corrected chi connectivity index (χ3v) is 14.9. The molecule has 0 spiro atoms. The smallest absolute Gasteiger partial charge is 0 e. The number of carboxylic acid groups (broad SMARTS) is 1. The van der Waals surface area contributed by atoms with Crippen molar-refractivity contribution in [1.29, 1.82) is 0 Å². The van der Waals surface area contributed by atoms with Crippen LogP contribution in [-0.2, 0) is 49.2 Å². The molecule has 1 heterocycles. The second-order valence-corrected chi connectivity index (χ2v) is 20.6. The van der Waals surface area contributed by atoms with Crippen molar-refractivity contribution < 1.29 is 76.7 Å². The fraction of sp³-hybridized carbons (Fsp3) is 0.643. The van der Waals surface area contributed by atoms with Gasteiger partial charge in [0.25, 0.3) is 0 Å². The monoisotopic (exact) mass is 1090 g/mol. The van der Waals surface area contributed by atoms with Gasteiger partial charge in [-0.2, -0.15) is 0 Å². The van der Waals surface area contributed by atoms with Gasteiger partial charge in [-0.15, -0.1) is 0 Å². The number of rotatable bonds is 26. The third kappa shape index (κ3) is 17.9. The minimum absolute atomic E-state index is 0. The molecule has 0 aliphatic rings. The minimum Gasteiger partial charge on any atom is 0 e. The van der Waals surface area contributed by atoms with E-state index in [0.29, 0.717) is 24.5 Å². The number of alkyl halides is 1. The number of hydrogen-bond donors (Lipinski definition) is 10. The molecule has 0 aliphatic carbocycles. The van der Waals surface area contributed by atoms with Crippen LogP contribution in [0.3, 0.4) is 0 Å². The van der Waals surface area contributed by atoms with Gasteiger partial charge < -0.3 is 20.6 Å². The standard InChI is InChI=1S/C28H46I3N6O12.Mn/c1-36(29)11-10-32-22(5-6-23(44)34-27(14-38,15-39)16-40)25(46)49-12-8-20-3-2-4-21(33-20)13-37(30)31(26(47)48)9-7-24(45)35-28(17-41,18-42)19-43;/h2-4,12,22,32,38-43H,5-11,13-19H2,1H3,(H,34,44)(H,35,45)(H,47,48);/q-1;. The van der Waals surface area contributed by atoms with Gasteiger partial charge in [-0.25, -0.2) is 3.11 Å². The fourth-order valence-corrected chi connectivity index (χ4v) is 9.92. The van der Waals surface area contributed by atoms with Crippen molar-refractivity contribution in [3.63, 3.8) is 0 Å². The largest absolute Gasteiger partial charge is 0 e. The summed E-state index contributed by atoms with van der Waals surface area (Å²) in [7, 11) is 1.85. The maximum absolute atomic E-state index is 12.9. The maximum atomic E-state index is 12.9. The van der Waals surface area contributed by atoms with Crippen molar-refractivity contribution in [2.45, 2.75) is 49.3 Å². The number of amides is 2. The van der Waals surface area contributed by atoms with Crippen LogP contribution in [0.2, 0.25) is 0 Å². The summed E-state index contributed by atoms with van der Waals surface area (Å²) < 4.78 is 7.88. The Balaban J connectivity index is 0.0000240. The molecule has 0 bridgehead atoms. The summed E-state index contributed by atoms with van der Waals surface area (Å²) in [5, 5.41) is 74.3. The van der Waals surface area contributed by atoms with Gasteiger partial charge in [0.15, 0.2) is 0 Å². The topological polar surface area (TPSA) is 275 Å². The van der Waals surface area contributed by atoms with Crippen LogP contribution >= 0.6 is 65.8 Å². The maximum Gasteiger partial charge on any atom is 0 e. The Labute approximate surface area is 336 Å². The van der Waals surface area contributed by atoms with E-state index < -0.39 is 98.6 Å². The summed E-state index contributed by atoms with van der Waals surface area (Å²) >= 11 is 1.03. The quantitative estimate of drug-likeness (QED) is 0.00978. The predicted molar refractivity (Wildman–Crippen MR) is 201 cm³/mol. The Morgan fingerprint density at radius 3 is 1.94 bits per heavy atom. The first-order chi connectivity index (χ1) is 23.2. The molecule has 0 saturated heterocycles. The van der Waals surface area contributed by atoms with Crippen LogP contribution in [0, 0.1) is 6.61 Å². The number of ether oxygens (including phenoxy) is 1. The number of nitrogens with zero attached hydrogens (tertiary/aromatic N) is 3. The number of esters is 1. The van der Waals surface area contributed by atoms with Crippen molar-refractivity contribution in [2.75, 3.05) is 64.2 Å². The molecule has 1 aromatic rings. The van der Waals surface area contributed by atoms with E-state index in [-0.39, 0.29) is 53.7 Å². The molecular weight excluding hydrogens is 1050 g/mol. The summed E-state index contributed by atoms with van der Waals surface area (Å²) in [5.74, 6) is -1.84. The van der Waals surface area contributed by atoms with Gasteiger partial charge in [0.05, 0.1) is 19.8 Å². The zero-order valence-electron chi connectivity index (χ0n) is 27.3. The summed E-state index contributed by atoms with van der Waals surface area (Å²) in [4.78, 5) is 54.3. The van der Waals surface area contributed by atoms with Gasteiger partial charge in [-0.1, -0.05) is 0 Å². The van der Waals surface area contributed by atoms with Crippen LogP contribution in [0.4, 0.5) is 4.79 Å². The number of carbonyl (C=O) groups is 4. The molecule has 18 nitrogen and oxygen atoms in total. The molecule has 1 rings (SSSR count). The molecule has 22 heteroatoms. The normalized spacial score (nSPS) is 12.7. The minimum atomic E-state index is -2.95. The molecule has 0 saturated carbocycles. The van der Waals surface area contributed by atoms with E-state index >= 15 is 0 Å². The van der Waals surface area contributed by atoms with Gasteiger partial charge in [0.1, 0.15) is 5.54 Å². The first-order valence-corrected chi connectivity index (χ1v) is 20.4. The average molecular weight is 1090 g/mol. The van der Waals surface area contributed by atoms with E-state index in [4.69, 9.17) is 4.74 Å². The molecule has 289 valence electrons. The number of carbonyl (C=O) groups excluding carboxylic acids is 3. The number of aliphatic hydroxyl groups is 6. The van der Waals surface area contributed by atoms with E-state index in [9.17, 15) is 54.9 Å². The first-order valence-electron chi connectivity index (χ1n) is 14.9. The van der Waals surface area contributed by atoms with Gasteiger partial charge in [-0.3, -0.25) is 4.79 Å². The Morgan fingerprint density at radius 2 is 1.44 bits per heavy atom. The Hall–Kier alpha value is -0.621. The van der Waals surface area contributed by atoms with E-state index in [0.717, 1.165) is 0 Å². The molecule has 1 unspecified atom stereocenters. The summed E-state index contributed by atoms with van der Waals surface area (Å²) in [6.07, 6.45) is -0.189. The average Bonchev–Trinajstić information content (AvgIpc) is 3.07. The zero-order chi connectivity index (χ0) is 37.0. The van der Waals surface area contributed by atoms with Gasteiger partial charge in [0, 0.05) is 46.5 Å². The first kappa shape index (κ1) is 49.4. The van der Waals surface area contributed by atoms with Crippen molar-refractivity contribution in [3.05, 3.63) is 36.2 Å². The number of nitrogens with one attached hydrogen (secondary N) is 3. The van der Waals surface area contributed by atoms with E-state index in [1.807, 2.05) is 33.0 Å². The third-order valence-electron chi connectivity index (χ3n) is 6.93. The van der Waals surface area contributed by atoms with Crippen LogP contribution in [0.15, 0.2) is 18.2 Å². The molecule has 2 amide bonds. The van der Waals surface area contributed by atoms with Crippen LogP contribution < -0.4 is 16.0 Å². The molecule has 10 N–H and O–H groups in total.